The first-order chi connectivity index (χ1) is 11.8. The van der Waals surface area contributed by atoms with Crippen LogP contribution in [0.25, 0.3) is 11.4 Å². The normalized spacial score (nSPS) is 14.4. The van der Waals surface area contributed by atoms with E-state index in [1.54, 1.807) is 12.4 Å². The Balaban J connectivity index is 1.52. The monoisotopic (exact) mass is 317 g/mol. The molecule has 0 fully saturated rings. The molecule has 0 unspecified atom stereocenters. The van der Waals surface area contributed by atoms with E-state index in [0.717, 1.165) is 54.5 Å². The van der Waals surface area contributed by atoms with Gasteiger partial charge in [0.05, 0.1) is 11.4 Å². The molecule has 0 aromatic carbocycles. The Bertz CT molecular complexity index is 847. The highest BCUT2D eigenvalue weighted by molar-refractivity contribution is 5.53. The second-order valence-electron chi connectivity index (χ2n) is 6.14. The number of hydrogen-bond acceptors (Lipinski definition) is 5. The van der Waals surface area contributed by atoms with Crippen molar-refractivity contribution in [3.8, 4) is 11.4 Å². The molecule has 0 aliphatic carbocycles. The molecule has 0 radical (unpaired) electrons. The Kier molecular flexibility index (Phi) is 4.01. The van der Waals surface area contributed by atoms with Gasteiger partial charge in [-0.3, -0.25) is 14.9 Å². The minimum absolute atomic E-state index is 0.760. The highest BCUT2D eigenvalue weighted by atomic mass is 15.1. The molecule has 24 heavy (non-hydrogen) atoms. The number of pyridine rings is 2. The van der Waals surface area contributed by atoms with Crippen molar-refractivity contribution in [1.82, 2.24) is 24.8 Å². The quantitative estimate of drug-likeness (QED) is 0.743. The average molecular weight is 317 g/mol. The molecule has 0 saturated heterocycles. The van der Waals surface area contributed by atoms with Gasteiger partial charge in [0.1, 0.15) is 0 Å². The lowest BCUT2D eigenvalue weighted by Gasteiger charge is -2.27. The van der Waals surface area contributed by atoms with Gasteiger partial charge in [0.2, 0.25) is 0 Å². The fraction of sp³-hybridized carbons (Fsp3) is 0.263. The highest BCUT2D eigenvalue weighted by Crippen LogP contribution is 2.21. The number of nitrogens with zero attached hydrogens (tertiary/aromatic N) is 5. The molecule has 4 heterocycles. The zero-order valence-electron chi connectivity index (χ0n) is 13.7. The number of hydrogen-bond donors (Lipinski definition) is 0. The summed E-state index contributed by atoms with van der Waals surface area (Å²) in [6.07, 6.45) is 6.47. The van der Waals surface area contributed by atoms with E-state index in [1.807, 2.05) is 31.3 Å². The van der Waals surface area contributed by atoms with Crippen molar-refractivity contribution in [2.75, 3.05) is 6.54 Å². The molecule has 0 N–H and O–H groups in total. The average Bonchev–Trinajstić information content (AvgIpc) is 2.62. The lowest BCUT2D eigenvalue weighted by molar-refractivity contribution is 0.240. The summed E-state index contributed by atoms with van der Waals surface area (Å²) in [7, 11) is 0. The maximum absolute atomic E-state index is 4.75. The fourth-order valence-corrected chi connectivity index (χ4v) is 3.06. The van der Waals surface area contributed by atoms with Gasteiger partial charge >= 0.3 is 0 Å². The third kappa shape index (κ3) is 3.16. The Hall–Kier alpha value is -2.66. The van der Waals surface area contributed by atoms with Gasteiger partial charge in [-0.1, -0.05) is 6.07 Å². The lowest BCUT2D eigenvalue weighted by Crippen LogP contribution is -2.31. The summed E-state index contributed by atoms with van der Waals surface area (Å²) >= 11 is 0. The molecule has 0 amide bonds. The van der Waals surface area contributed by atoms with Crippen molar-refractivity contribution in [1.29, 1.82) is 0 Å². The first kappa shape index (κ1) is 14.9. The van der Waals surface area contributed by atoms with Gasteiger partial charge in [-0.05, 0) is 31.2 Å². The van der Waals surface area contributed by atoms with Crippen LogP contribution in [0.3, 0.4) is 0 Å². The number of aromatic nitrogens is 4. The number of aryl methyl sites for hydroxylation is 1. The standard InChI is InChI=1S/C19H19N5/c1-14-4-2-6-17(22-14)13-24-9-7-18-16(12-24)11-21-19(23-18)15-5-3-8-20-10-15/h2-6,8,10-11H,7,9,12-13H2,1H3. The third-order valence-corrected chi connectivity index (χ3v) is 4.26. The lowest BCUT2D eigenvalue weighted by atomic mass is 10.1. The molecule has 3 aromatic rings. The summed E-state index contributed by atoms with van der Waals surface area (Å²) in [5, 5.41) is 0. The number of rotatable bonds is 3. The van der Waals surface area contributed by atoms with Crippen LogP contribution < -0.4 is 0 Å². The fourth-order valence-electron chi connectivity index (χ4n) is 3.06. The van der Waals surface area contributed by atoms with E-state index in [9.17, 15) is 0 Å². The molecule has 4 rings (SSSR count). The van der Waals surface area contributed by atoms with Gasteiger partial charge in [-0.15, -0.1) is 0 Å². The summed E-state index contributed by atoms with van der Waals surface area (Å²) < 4.78 is 0. The first-order valence-electron chi connectivity index (χ1n) is 8.18. The Morgan fingerprint density at radius 3 is 2.88 bits per heavy atom. The Morgan fingerprint density at radius 2 is 2.04 bits per heavy atom. The van der Waals surface area contributed by atoms with E-state index < -0.39 is 0 Å². The summed E-state index contributed by atoms with van der Waals surface area (Å²) in [4.78, 5) is 20.4. The molecule has 0 atom stereocenters. The van der Waals surface area contributed by atoms with Crippen LogP contribution >= 0.6 is 0 Å². The molecule has 1 aliphatic heterocycles. The smallest absolute Gasteiger partial charge is 0.160 e. The van der Waals surface area contributed by atoms with E-state index in [1.165, 1.54) is 5.56 Å². The molecule has 5 nitrogen and oxygen atoms in total. The van der Waals surface area contributed by atoms with Crippen LogP contribution in [0.15, 0.2) is 48.9 Å². The number of fused-ring (bicyclic) bond motifs is 1. The van der Waals surface area contributed by atoms with Crippen LogP contribution in [-0.4, -0.2) is 31.4 Å². The van der Waals surface area contributed by atoms with Gasteiger partial charge in [-0.25, -0.2) is 9.97 Å². The summed E-state index contributed by atoms with van der Waals surface area (Å²) in [5.74, 6) is 0.760. The van der Waals surface area contributed by atoms with Gasteiger partial charge in [-0.2, -0.15) is 0 Å². The third-order valence-electron chi connectivity index (χ3n) is 4.26. The molecule has 5 heteroatoms. The molecule has 0 saturated carbocycles. The Labute approximate surface area is 141 Å². The summed E-state index contributed by atoms with van der Waals surface area (Å²) in [6, 6.07) is 10.1. The van der Waals surface area contributed by atoms with Crippen LogP contribution in [0.4, 0.5) is 0 Å². The van der Waals surface area contributed by atoms with Gasteiger partial charge in [0.25, 0.3) is 0 Å². The van der Waals surface area contributed by atoms with Crippen LogP contribution in [0.2, 0.25) is 0 Å². The highest BCUT2D eigenvalue weighted by Gasteiger charge is 2.19. The van der Waals surface area contributed by atoms with Gasteiger partial charge in [0.15, 0.2) is 5.82 Å². The van der Waals surface area contributed by atoms with Crippen molar-refractivity contribution in [2.45, 2.75) is 26.4 Å². The van der Waals surface area contributed by atoms with Crippen molar-refractivity contribution >= 4 is 0 Å². The Morgan fingerprint density at radius 1 is 1.08 bits per heavy atom. The zero-order valence-corrected chi connectivity index (χ0v) is 13.7. The van der Waals surface area contributed by atoms with Crippen molar-refractivity contribution in [3.05, 3.63) is 71.6 Å². The van der Waals surface area contributed by atoms with Crippen molar-refractivity contribution in [2.24, 2.45) is 0 Å². The van der Waals surface area contributed by atoms with Crippen molar-refractivity contribution < 1.29 is 0 Å². The maximum atomic E-state index is 4.75. The largest absolute Gasteiger partial charge is 0.293 e. The predicted molar refractivity (Wildman–Crippen MR) is 92.1 cm³/mol. The molecule has 1 aliphatic rings. The van der Waals surface area contributed by atoms with E-state index >= 15 is 0 Å². The van der Waals surface area contributed by atoms with Gasteiger partial charge in [0, 0.05) is 61.5 Å². The van der Waals surface area contributed by atoms with Crippen molar-refractivity contribution in [3.63, 3.8) is 0 Å². The maximum Gasteiger partial charge on any atom is 0.160 e. The molecule has 0 spiro atoms. The molecular weight excluding hydrogens is 298 g/mol. The zero-order chi connectivity index (χ0) is 16.4. The summed E-state index contributed by atoms with van der Waals surface area (Å²) in [5.41, 5.74) is 5.51. The van der Waals surface area contributed by atoms with E-state index in [2.05, 4.69) is 32.0 Å². The van der Waals surface area contributed by atoms with Crippen LogP contribution in [0, 0.1) is 6.92 Å². The van der Waals surface area contributed by atoms with E-state index in [4.69, 9.17) is 4.98 Å². The predicted octanol–water partition coefficient (Wildman–Crippen LogP) is 2.80. The summed E-state index contributed by atoms with van der Waals surface area (Å²) in [6.45, 7) is 4.76. The van der Waals surface area contributed by atoms with Gasteiger partial charge < -0.3 is 0 Å². The molecule has 3 aromatic heterocycles. The van der Waals surface area contributed by atoms with Crippen LogP contribution in [0.1, 0.15) is 22.6 Å². The molecule has 0 bridgehead atoms. The minimum atomic E-state index is 0.760. The molecular formula is C19H19N5. The SMILES string of the molecule is Cc1cccc(CN2CCc3nc(-c4cccnc4)ncc3C2)n1. The first-order valence-corrected chi connectivity index (χ1v) is 8.18. The van der Waals surface area contributed by atoms with E-state index in [0.29, 0.717) is 0 Å². The minimum Gasteiger partial charge on any atom is -0.293 e. The van der Waals surface area contributed by atoms with E-state index in [-0.39, 0.29) is 0 Å². The van der Waals surface area contributed by atoms with Crippen LogP contribution in [-0.2, 0) is 19.5 Å². The second kappa shape index (κ2) is 6.45. The molecule has 120 valence electrons. The topological polar surface area (TPSA) is 54.8 Å². The van der Waals surface area contributed by atoms with Crippen LogP contribution in [0.5, 0.6) is 0 Å². The second-order valence-corrected chi connectivity index (χ2v) is 6.14.